The molecule has 0 fully saturated rings. The summed E-state index contributed by atoms with van der Waals surface area (Å²) in [6, 6.07) is 0. The molecule has 0 atom stereocenters. The minimum Gasteiger partial charge on any atom is -0.366 e. The summed E-state index contributed by atoms with van der Waals surface area (Å²) in [5.74, 6) is 0. The summed E-state index contributed by atoms with van der Waals surface area (Å²) in [7, 11) is 0. The Hall–Kier alpha value is -1.31. The lowest BCUT2D eigenvalue weighted by atomic mass is 10.1. The van der Waals surface area contributed by atoms with Crippen LogP contribution in [-0.2, 0) is 0 Å². The number of allylic oxidation sites excluding steroid dienone is 3. The summed E-state index contributed by atoms with van der Waals surface area (Å²) in [6.07, 6.45) is 5.83. The standard InChI is InChI=1S/C11H18N2/c1-5-11(13-6-2)7-10(8-12)9(3)4/h5-6,8,12-13H,2,7H2,1,3-4H3/b11-5-,12-8?. The molecule has 0 saturated heterocycles. The van der Waals surface area contributed by atoms with Crippen LogP contribution in [-0.4, -0.2) is 6.21 Å². The van der Waals surface area contributed by atoms with E-state index in [-0.39, 0.29) is 0 Å². The van der Waals surface area contributed by atoms with Gasteiger partial charge in [-0.15, -0.1) is 0 Å². The highest BCUT2D eigenvalue weighted by molar-refractivity contribution is 5.77. The molecule has 2 nitrogen and oxygen atoms in total. The first-order valence-electron chi connectivity index (χ1n) is 4.35. The van der Waals surface area contributed by atoms with Gasteiger partial charge in [-0.2, -0.15) is 0 Å². The average Bonchev–Trinajstić information content (AvgIpc) is 2.11. The molecule has 0 radical (unpaired) electrons. The predicted molar refractivity (Wildman–Crippen MR) is 58.9 cm³/mol. The Balaban J connectivity index is 4.48. The molecule has 0 aromatic rings. The van der Waals surface area contributed by atoms with E-state index in [0.717, 1.165) is 17.7 Å². The first-order chi connectivity index (χ1) is 6.15. The molecule has 0 amide bonds. The van der Waals surface area contributed by atoms with E-state index in [0.29, 0.717) is 0 Å². The Labute approximate surface area is 80.6 Å². The van der Waals surface area contributed by atoms with Gasteiger partial charge >= 0.3 is 0 Å². The molecule has 0 bridgehead atoms. The lowest BCUT2D eigenvalue weighted by molar-refractivity contribution is 0.967. The second-order valence-corrected chi connectivity index (χ2v) is 3.01. The number of rotatable bonds is 5. The van der Waals surface area contributed by atoms with Crippen molar-refractivity contribution in [3.8, 4) is 0 Å². The molecule has 2 N–H and O–H groups in total. The second kappa shape index (κ2) is 6.23. The van der Waals surface area contributed by atoms with Crippen LogP contribution in [0, 0.1) is 5.41 Å². The number of hydrogen-bond donors (Lipinski definition) is 2. The van der Waals surface area contributed by atoms with Crippen molar-refractivity contribution in [2.75, 3.05) is 0 Å². The molecular formula is C11H18N2. The van der Waals surface area contributed by atoms with E-state index in [1.807, 2.05) is 26.8 Å². The van der Waals surface area contributed by atoms with Crippen LogP contribution >= 0.6 is 0 Å². The van der Waals surface area contributed by atoms with Gasteiger partial charge in [0.05, 0.1) is 0 Å². The summed E-state index contributed by atoms with van der Waals surface area (Å²) >= 11 is 0. The molecule has 72 valence electrons. The highest BCUT2D eigenvalue weighted by Gasteiger charge is 1.99. The van der Waals surface area contributed by atoms with E-state index in [1.165, 1.54) is 11.8 Å². The summed E-state index contributed by atoms with van der Waals surface area (Å²) in [6.45, 7) is 9.60. The van der Waals surface area contributed by atoms with Gasteiger partial charge in [0.1, 0.15) is 0 Å². The van der Waals surface area contributed by atoms with E-state index in [9.17, 15) is 0 Å². The third-order valence-corrected chi connectivity index (χ3v) is 1.83. The third kappa shape index (κ3) is 4.31. The Morgan fingerprint density at radius 3 is 2.38 bits per heavy atom. The largest absolute Gasteiger partial charge is 0.366 e. The normalized spacial score (nSPS) is 10.5. The summed E-state index contributed by atoms with van der Waals surface area (Å²) in [5, 5.41) is 10.3. The van der Waals surface area contributed by atoms with Crippen molar-refractivity contribution < 1.29 is 0 Å². The highest BCUT2D eigenvalue weighted by Crippen LogP contribution is 2.10. The fourth-order valence-electron chi connectivity index (χ4n) is 0.945. The third-order valence-electron chi connectivity index (χ3n) is 1.83. The van der Waals surface area contributed by atoms with Gasteiger partial charge in [0.15, 0.2) is 0 Å². The van der Waals surface area contributed by atoms with Crippen LogP contribution in [0.4, 0.5) is 0 Å². The van der Waals surface area contributed by atoms with Crippen molar-refractivity contribution in [3.63, 3.8) is 0 Å². The van der Waals surface area contributed by atoms with Gasteiger partial charge in [-0.25, -0.2) is 0 Å². The van der Waals surface area contributed by atoms with Crippen molar-refractivity contribution in [3.05, 3.63) is 35.7 Å². The van der Waals surface area contributed by atoms with Crippen molar-refractivity contribution >= 4 is 6.21 Å². The van der Waals surface area contributed by atoms with Crippen LogP contribution in [0.25, 0.3) is 0 Å². The zero-order valence-corrected chi connectivity index (χ0v) is 8.65. The molecule has 0 aliphatic rings. The average molecular weight is 178 g/mol. The van der Waals surface area contributed by atoms with Gasteiger partial charge in [-0.05, 0) is 32.5 Å². The quantitative estimate of drug-likeness (QED) is 0.624. The van der Waals surface area contributed by atoms with Gasteiger partial charge < -0.3 is 10.7 Å². The zero-order valence-electron chi connectivity index (χ0n) is 8.65. The second-order valence-electron chi connectivity index (χ2n) is 3.01. The van der Waals surface area contributed by atoms with Crippen LogP contribution in [0.2, 0.25) is 0 Å². The fourth-order valence-corrected chi connectivity index (χ4v) is 0.945. The summed E-state index contributed by atoms with van der Waals surface area (Å²) in [5.41, 5.74) is 3.30. The molecule has 13 heavy (non-hydrogen) atoms. The molecule has 0 heterocycles. The monoisotopic (exact) mass is 178 g/mol. The lowest BCUT2D eigenvalue weighted by Crippen LogP contribution is -2.05. The molecule has 0 unspecified atom stereocenters. The zero-order chi connectivity index (χ0) is 10.3. The van der Waals surface area contributed by atoms with Crippen LogP contribution < -0.4 is 5.32 Å². The molecular weight excluding hydrogens is 160 g/mol. The van der Waals surface area contributed by atoms with Crippen LogP contribution in [0.5, 0.6) is 0 Å². The molecule has 2 heteroatoms. The molecule has 0 rings (SSSR count). The van der Waals surface area contributed by atoms with Gasteiger partial charge in [-0.1, -0.05) is 18.2 Å². The Morgan fingerprint density at radius 1 is 1.46 bits per heavy atom. The fraction of sp³-hybridized carbons (Fsp3) is 0.364. The highest BCUT2D eigenvalue weighted by atomic mass is 14.8. The van der Waals surface area contributed by atoms with Crippen LogP contribution in [0.3, 0.4) is 0 Å². The van der Waals surface area contributed by atoms with Crippen molar-refractivity contribution in [2.45, 2.75) is 27.2 Å². The maximum Gasteiger partial charge on any atom is 0.0213 e. The summed E-state index contributed by atoms with van der Waals surface area (Å²) in [4.78, 5) is 0. The van der Waals surface area contributed by atoms with Crippen molar-refractivity contribution in [2.24, 2.45) is 0 Å². The van der Waals surface area contributed by atoms with E-state index >= 15 is 0 Å². The Kier molecular flexibility index (Phi) is 5.60. The van der Waals surface area contributed by atoms with E-state index in [2.05, 4.69) is 11.9 Å². The Bertz CT molecular complexity index is 243. The van der Waals surface area contributed by atoms with Gasteiger partial charge in [-0.3, -0.25) is 0 Å². The van der Waals surface area contributed by atoms with Crippen LogP contribution in [0.15, 0.2) is 35.7 Å². The molecule has 0 saturated carbocycles. The molecule has 0 aliphatic carbocycles. The van der Waals surface area contributed by atoms with Crippen LogP contribution in [0.1, 0.15) is 27.2 Å². The topological polar surface area (TPSA) is 35.9 Å². The minimum absolute atomic E-state index is 0.772. The lowest BCUT2D eigenvalue weighted by Gasteiger charge is -2.08. The smallest absolute Gasteiger partial charge is 0.0213 e. The van der Waals surface area contributed by atoms with Crippen molar-refractivity contribution in [1.29, 1.82) is 5.41 Å². The summed E-state index contributed by atoms with van der Waals surface area (Å²) < 4.78 is 0. The first-order valence-corrected chi connectivity index (χ1v) is 4.35. The maximum atomic E-state index is 7.23. The number of nitrogens with one attached hydrogen (secondary N) is 2. The van der Waals surface area contributed by atoms with Gasteiger partial charge in [0, 0.05) is 18.3 Å². The molecule has 0 aromatic heterocycles. The maximum absolute atomic E-state index is 7.23. The Morgan fingerprint density at radius 2 is 2.08 bits per heavy atom. The molecule has 0 aromatic carbocycles. The molecule has 0 spiro atoms. The van der Waals surface area contributed by atoms with E-state index < -0.39 is 0 Å². The van der Waals surface area contributed by atoms with E-state index in [1.54, 1.807) is 6.20 Å². The SMILES string of the molecule is C=CN/C(=C\C)CC(C=N)=C(C)C. The first kappa shape index (κ1) is 11.7. The molecule has 0 aliphatic heterocycles. The van der Waals surface area contributed by atoms with E-state index in [4.69, 9.17) is 5.41 Å². The minimum atomic E-state index is 0.772. The van der Waals surface area contributed by atoms with Gasteiger partial charge in [0.2, 0.25) is 0 Å². The number of hydrogen-bond acceptors (Lipinski definition) is 2. The van der Waals surface area contributed by atoms with Crippen molar-refractivity contribution in [1.82, 2.24) is 5.32 Å². The van der Waals surface area contributed by atoms with Gasteiger partial charge in [0.25, 0.3) is 0 Å². The predicted octanol–water partition coefficient (Wildman–Crippen LogP) is 3.00.